The summed E-state index contributed by atoms with van der Waals surface area (Å²) < 4.78 is 2.31. The highest BCUT2D eigenvalue weighted by atomic mass is 79.9. The number of nitrogens with zero attached hydrogens (tertiary/aromatic N) is 1. The number of aromatic nitrogens is 1. The van der Waals surface area contributed by atoms with E-state index in [1.807, 2.05) is 12.1 Å². The second-order valence-electron chi connectivity index (χ2n) is 3.79. The van der Waals surface area contributed by atoms with Crippen LogP contribution in [0.25, 0.3) is 10.2 Å². The summed E-state index contributed by atoms with van der Waals surface area (Å²) in [6, 6.07) is 6.15. The molecular weight excluding hydrogens is 260 g/mol. The lowest BCUT2D eigenvalue weighted by atomic mass is 10.3. The van der Waals surface area contributed by atoms with Crippen LogP contribution in [0.4, 0.5) is 0 Å². The molecular formula is C10H9BrN2S. The molecule has 72 valence electrons. The molecule has 0 aliphatic heterocycles. The average molecular weight is 269 g/mol. The molecule has 0 unspecified atom stereocenters. The van der Waals surface area contributed by atoms with Gasteiger partial charge in [-0.25, -0.2) is 4.98 Å². The lowest BCUT2D eigenvalue weighted by Gasteiger charge is -2.00. The van der Waals surface area contributed by atoms with Gasteiger partial charge in [-0.15, -0.1) is 11.3 Å². The largest absolute Gasteiger partial charge is 0.319 e. The van der Waals surface area contributed by atoms with E-state index in [0.29, 0.717) is 0 Å². The molecule has 1 saturated carbocycles. The van der Waals surface area contributed by atoms with Crippen LogP contribution in [0.15, 0.2) is 22.7 Å². The van der Waals surface area contributed by atoms with Crippen LogP contribution in [0.5, 0.6) is 0 Å². The highest BCUT2D eigenvalue weighted by Gasteiger charge is 2.42. The minimum absolute atomic E-state index is 0.101. The Morgan fingerprint density at radius 2 is 2.21 bits per heavy atom. The molecule has 1 aromatic heterocycles. The van der Waals surface area contributed by atoms with Gasteiger partial charge in [0.2, 0.25) is 0 Å². The quantitative estimate of drug-likeness (QED) is 0.864. The third-order valence-corrected chi connectivity index (χ3v) is 4.30. The zero-order chi connectivity index (χ0) is 9.76. The van der Waals surface area contributed by atoms with Crippen molar-refractivity contribution in [1.29, 1.82) is 0 Å². The topological polar surface area (TPSA) is 38.9 Å². The maximum absolute atomic E-state index is 6.11. The molecule has 3 rings (SSSR count). The molecule has 0 amide bonds. The van der Waals surface area contributed by atoms with Crippen molar-refractivity contribution < 1.29 is 0 Å². The van der Waals surface area contributed by atoms with E-state index in [1.54, 1.807) is 11.3 Å². The Hall–Kier alpha value is -0.450. The summed E-state index contributed by atoms with van der Waals surface area (Å²) in [4.78, 5) is 4.56. The van der Waals surface area contributed by atoms with Crippen molar-refractivity contribution in [1.82, 2.24) is 4.98 Å². The van der Waals surface area contributed by atoms with E-state index in [-0.39, 0.29) is 5.54 Å². The standard InChI is InChI=1S/C10H9BrN2S/c11-6-1-2-7-8(5-6)14-9(13-7)10(12)3-4-10/h1-2,5H,3-4,12H2. The van der Waals surface area contributed by atoms with Gasteiger partial charge in [0, 0.05) is 4.47 Å². The van der Waals surface area contributed by atoms with Gasteiger partial charge in [0.1, 0.15) is 5.01 Å². The highest BCUT2D eigenvalue weighted by molar-refractivity contribution is 9.10. The second-order valence-corrected chi connectivity index (χ2v) is 5.73. The maximum atomic E-state index is 6.11. The molecule has 1 aliphatic carbocycles. The Labute approximate surface area is 94.3 Å². The summed E-state index contributed by atoms with van der Waals surface area (Å²) in [6.45, 7) is 0. The zero-order valence-electron chi connectivity index (χ0n) is 7.46. The van der Waals surface area contributed by atoms with Crippen LogP contribution in [0, 0.1) is 0 Å². The second kappa shape index (κ2) is 2.78. The van der Waals surface area contributed by atoms with Crippen LogP contribution >= 0.6 is 27.3 Å². The normalized spacial score (nSPS) is 18.7. The molecule has 1 heterocycles. The molecule has 0 radical (unpaired) electrons. The average Bonchev–Trinajstić information content (AvgIpc) is 2.77. The van der Waals surface area contributed by atoms with Crippen molar-refractivity contribution in [2.45, 2.75) is 18.4 Å². The number of hydrogen-bond donors (Lipinski definition) is 1. The minimum Gasteiger partial charge on any atom is -0.319 e. The number of fused-ring (bicyclic) bond motifs is 1. The van der Waals surface area contributed by atoms with E-state index in [9.17, 15) is 0 Å². The number of hydrogen-bond acceptors (Lipinski definition) is 3. The van der Waals surface area contributed by atoms with Crippen molar-refractivity contribution in [3.05, 3.63) is 27.7 Å². The Kier molecular flexibility index (Phi) is 1.75. The Balaban J connectivity index is 2.20. The van der Waals surface area contributed by atoms with Crippen molar-refractivity contribution in [3.8, 4) is 0 Å². The maximum Gasteiger partial charge on any atom is 0.114 e. The third-order valence-electron chi connectivity index (χ3n) is 2.57. The number of halogens is 1. The van der Waals surface area contributed by atoms with Crippen molar-refractivity contribution in [2.24, 2.45) is 5.73 Å². The molecule has 0 spiro atoms. The van der Waals surface area contributed by atoms with E-state index < -0.39 is 0 Å². The molecule has 0 atom stereocenters. The van der Waals surface area contributed by atoms with Crippen LogP contribution in [0.2, 0.25) is 0 Å². The van der Waals surface area contributed by atoms with E-state index in [0.717, 1.165) is 27.8 Å². The van der Waals surface area contributed by atoms with Gasteiger partial charge in [0.15, 0.2) is 0 Å². The molecule has 2 aromatic rings. The van der Waals surface area contributed by atoms with Crippen molar-refractivity contribution in [3.63, 3.8) is 0 Å². The Morgan fingerprint density at radius 3 is 2.93 bits per heavy atom. The van der Waals surface area contributed by atoms with Gasteiger partial charge < -0.3 is 5.73 Å². The summed E-state index contributed by atoms with van der Waals surface area (Å²) in [5, 5.41) is 1.09. The third kappa shape index (κ3) is 1.29. The number of benzene rings is 1. The first-order chi connectivity index (χ1) is 6.67. The minimum atomic E-state index is -0.101. The first kappa shape index (κ1) is 8.83. The fourth-order valence-corrected chi connectivity index (χ4v) is 3.14. The summed E-state index contributed by atoms with van der Waals surface area (Å²) in [5.74, 6) is 0. The number of nitrogens with two attached hydrogens (primary N) is 1. The zero-order valence-corrected chi connectivity index (χ0v) is 9.86. The fraction of sp³-hybridized carbons (Fsp3) is 0.300. The summed E-state index contributed by atoms with van der Waals surface area (Å²) in [5.41, 5.74) is 7.07. The predicted molar refractivity (Wildman–Crippen MR) is 62.4 cm³/mol. The van der Waals surface area contributed by atoms with Gasteiger partial charge in [-0.1, -0.05) is 15.9 Å². The van der Waals surface area contributed by atoms with Crippen LogP contribution < -0.4 is 5.73 Å². The molecule has 0 bridgehead atoms. The van der Waals surface area contributed by atoms with Crippen molar-refractivity contribution >= 4 is 37.5 Å². The van der Waals surface area contributed by atoms with Crippen LogP contribution in [-0.2, 0) is 5.54 Å². The summed E-state index contributed by atoms with van der Waals surface area (Å²) >= 11 is 5.17. The molecule has 1 aliphatic rings. The SMILES string of the molecule is NC1(c2nc3ccc(Br)cc3s2)CC1. The van der Waals surface area contributed by atoms with Gasteiger partial charge >= 0.3 is 0 Å². The Bertz CT molecular complexity index is 502. The smallest absolute Gasteiger partial charge is 0.114 e. The van der Waals surface area contributed by atoms with E-state index >= 15 is 0 Å². The number of thiazole rings is 1. The monoisotopic (exact) mass is 268 g/mol. The van der Waals surface area contributed by atoms with Gasteiger partial charge in [-0.3, -0.25) is 0 Å². The van der Waals surface area contributed by atoms with Crippen LogP contribution in [0.3, 0.4) is 0 Å². The van der Waals surface area contributed by atoms with Crippen molar-refractivity contribution in [2.75, 3.05) is 0 Å². The molecule has 2 N–H and O–H groups in total. The predicted octanol–water partition coefficient (Wildman–Crippen LogP) is 3.01. The summed E-state index contributed by atoms with van der Waals surface area (Å²) in [7, 11) is 0. The summed E-state index contributed by atoms with van der Waals surface area (Å²) in [6.07, 6.45) is 2.15. The molecule has 1 aromatic carbocycles. The van der Waals surface area contributed by atoms with Gasteiger partial charge in [-0.2, -0.15) is 0 Å². The van der Waals surface area contributed by atoms with Crippen LogP contribution in [0.1, 0.15) is 17.8 Å². The Morgan fingerprint density at radius 1 is 1.43 bits per heavy atom. The van der Waals surface area contributed by atoms with Crippen LogP contribution in [-0.4, -0.2) is 4.98 Å². The fourth-order valence-electron chi connectivity index (χ4n) is 1.46. The van der Waals surface area contributed by atoms with Gasteiger partial charge in [-0.05, 0) is 31.0 Å². The molecule has 4 heteroatoms. The van der Waals surface area contributed by atoms with E-state index in [1.165, 1.54) is 4.70 Å². The van der Waals surface area contributed by atoms with Gasteiger partial charge in [0.05, 0.1) is 15.8 Å². The lowest BCUT2D eigenvalue weighted by Crippen LogP contribution is -2.17. The van der Waals surface area contributed by atoms with E-state index in [2.05, 4.69) is 27.0 Å². The molecule has 2 nitrogen and oxygen atoms in total. The number of rotatable bonds is 1. The molecule has 0 saturated heterocycles. The first-order valence-corrected chi connectivity index (χ1v) is 6.14. The van der Waals surface area contributed by atoms with E-state index in [4.69, 9.17) is 5.73 Å². The highest BCUT2D eigenvalue weighted by Crippen LogP contribution is 2.45. The molecule has 1 fully saturated rings. The van der Waals surface area contributed by atoms with Gasteiger partial charge in [0.25, 0.3) is 0 Å². The lowest BCUT2D eigenvalue weighted by molar-refractivity contribution is 0.734. The molecule has 14 heavy (non-hydrogen) atoms. The first-order valence-electron chi connectivity index (χ1n) is 4.53.